The van der Waals surface area contributed by atoms with E-state index in [1.807, 2.05) is 18.2 Å². The van der Waals surface area contributed by atoms with Gasteiger partial charge in [-0.3, -0.25) is 0 Å². The Kier molecular flexibility index (Phi) is 6.77. The number of nitrogens with one attached hydrogen (secondary N) is 1. The van der Waals surface area contributed by atoms with Crippen LogP contribution >= 0.6 is 23.2 Å². The second-order valence-corrected chi connectivity index (χ2v) is 5.70. The Morgan fingerprint density at radius 3 is 2.72 bits per heavy atom. The number of hydrogen-bond donors (Lipinski definition) is 1. The number of halogens is 2. The summed E-state index contributed by atoms with van der Waals surface area (Å²) in [6, 6.07) is 6.15. The van der Waals surface area contributed by atoms with Gasteiger partial charge in [0.2, 0.25) is 0 Å². The van der Waals surface area contributed by atoms with E-state index in [2.05, 4.69) is 32.2 Å². The van der Waals surface area contributed by atoms with Gasteiger partial charge in [0.05, 0.1) is 0 Å². The van der Waals surface area contributed by atoms with Crippen LogP contribution in [0.15, 0.2) is 29.8 Å². The smallest absolute Gasteiger partial charge is 0.0442 e. The molecule has 0 aliphatic heterocycles. The number of rotatable bonds is 6. The minimum absolute atomic E-state index is 0.543. The number of benzene rings is 1. The lowest BCUT2D eigenvalue weighted by Gasteiger charge is -2.07. The molecule has 0 saturated carbocycles. The van der Waals surface area contributed by atoms with Crippen LogP contribution in [0.1, 0.15) is 32.8 Å². The second-order valence-electron chi connectivity index (χ2n) is 4.86. The molecule has 0 unspecified atom stereocenters. The summed E-state index contributed by atoms with van der Waals surface area (Å²) in [5, 5.41) is 4.92. The van der Waals surface area contributed by atoms with Gasteiger partial charge in [-0.25, -0.2) is 0 Å². The Labute approximate surface area is 120 Å². The van der Waals surface area contributed by atoms with Crippen molar-refractivity contribution >= 4 is 23.2 Å². The molecule has 0 aliphatic carbocycles. The summed E-state index contributed by atoms with van der Waals surface area (Å²) in [6.07, 6.45) is 4.16. The molecule has 0 aliphatic rings. The van der Waals surface area contributed by atoms with Crippen molar-refractivity contribution in [2.45, 2.75) is 39.7 Å². The van der Waals surface area contributed by atoms with Crippen LogP contribution in [0.4, 0.5) is 0 Å². The lowest BCUT2D eigenvalue weighted by molar-refractivity contribution is 0.594. The average Bonchev–Trinajstić information content (AvgIpc) is 2.29. The Bertz CT molecular complexity index is 411. The fourth-order valence-corrected chi connectivity index (χ4v) is 2.12. The van der Waals surface area contributed by atoms with Gasteiger partial charge in [-0.15, -0.1) is 0 Å². The van der Waals surface area contributed by atoms with Gasteiger partial charge in [0, 0.05) is 16.1 Å². The van der Waals surface area contributed by atoms with Crippen LogP contribution in [0.2, 0.25) is 10.0 Å². The molecule has 100 valence electrons. The summed E-state index contributed by atoms with van der Waals surface area (Å²) in [7, 11) is 0. The van der Waals surface area contributed by atoms with Crippen molar-refractivity contribution in [1.29, 1.82) is 0 Å². The van der Waals surface area contributed by atoms with Crippen molar-refractivity contribution in [2.75, 3.05) is 6.54 Å². The molecule has 3 heteroatoms. The van der Waals surface area contributed by atoms with Crippen molar-refractivity contribution in [3.8, 4) is 0 Å². The van der Waals surface area contributed by atoms with Crippen LogP contribution in [-0.4, -0.2) is 12.6 Å². The van der Waals surface area contributed by atoms with E-state index in [1.54, 1.807) is 0 Å². The first kappa shape index (κ1) is 15.6. The predicted octanol–water partition coefficient (Wildman–Crippen LogP) is 4.87. The lowest BCUT2D eigenvalue weighted by Crippen LogP contribution is -2.23. The maximum atomic E-state index is 6.14. The van der Waals surface area contributed by atoms with E-state index in [4.69, 9.17) is 23.2 Å². The molecule has 0 radical (unpaired) electrons. The van der Waals surface area contributed by atoms with Crippen LogP contribution < -0.4 is 5.32 Å². The third-order valence-electron chi connectivity index (χ3n) is 2.67. The molecule has 0 atom stereocenters. The molecule has 1 aromatic rings. The van der Waals surface area contributed by atoms with Gasteiger partial charge in [0.1, 0.15) is 0 Å². The highest BCUT2D eigenvalue weighted by molar-refractivity contribution is 6.33. The van der Waals surface area contributed by atoms with Crippen LogP contribution in [-0.2, 0) is 6.42 Å². The maximum absolute atomic E-state index is 6.14. The monoisotopic (exact) mass is 285 g/mol. The van der Waals surface area contributed by atoms with Gasteiger partial charge in [0.25, 0.3) is 0 Å². The van der Waals surface area contributed by atoms with Crippen molar-refractivity contribution in [1.82, 2.24) is 5.32 Å². The predicted molar refractivity (Wildman–Crippen MR) is 81.7 cm³/mol. The topological polar surface area (TPSA) is 12.0 Å². The van der Waals surface area contributed by atoms with Crippen molar-refractivity contribution in [2.24, 2.45) is 0 Å². The molecule has 0 bridgehead atoms. The van der Waals surface area contributed by atoms with Crippen LogP contribution in [0.25, 0.3) is 0 Å². The zero-order valence-electron chi connectivity index (χ0n) is 11.3. The third kappa shape index (κ3) is 5.90. The quantitative estimate of drug-likeness (QED) is 0.581. The molecular formula is C15H21Cl2N. The SMILES string of the molecule is CC(=CCCNC(C)C)Cc1cc(Cl)ccc1Cl. The van der Waals surface area contributed by atoms with E-state index in [0.29, 0.717) is 6.04 Å². The molecule has 0 aromatic heterocycles. The van der Waals surface area contributed by atoms with Crippen LogP contribution in [0.5, 0.6) is 0 Å². The standard InChI is InChI=1S/C15H21Cl2N/c1-11(2)18-8-4-5-12(3)9-13-10-14(16)6-7-15(13)17/h5-7,10-11,18H,4,8-9H2,1-3H3. The van der Waals surface area contributed by atoms with Crippen LogP contribution in [0, 0.1) is 0 Å². The van der Waals surface area contributed by atoms with Crippen molar-refractivity contribution in [3.05, 3.63) is 45.5 Å². The zero-order chi connectivity index (χ0) is 13.5. The van der Waals surface area contributed by atoms with E-state index in [9.17, 15) is 0 Å². The molecule has 1 nitrogen and oxygen atoms in total. The Hall–Kier alpha value is -0.500. The minimum atomic E-state index is 0.543. The van der Waals surface area contributed by atoms with Crippen molar-refractivity contribution in [3.63, 3.8) is 0 Å². The van der Waals surface area contributed by atoms with E-state index < -0.39 is 0 Å². The highest BCUT2D eigenvalue weighted by Gasteiger charge is 2.02. The van der Waals surface area contributed by atoms with Gasteiger partial charge in [-0.05, 0) is 50.1 Å². The number of hydrogen-bond acceptors (Lipinski definition) is 1. The van der Waals surface area contributed by atoms with E-state index in [-0.39, 0.29) is 0 Å². The fraction of sp³-hybridized carbons (Fsp3) is 0.467. The van der Waals surface area contributed by atoms with E-state index in [1.165, 1.54) is 5.57 Å². The molecule has 0 spiro atoms. The van der Waals surface area contributed by atoms with Crippen molar-refractivity contribution < 1.29 is 0 Å². The summed E-state index contributed by atoms with van der Waals surface area (Å²) in [5.74, 6) is 0. The molecule has 1 aromatic carbocycles. The Morgan fingerprint density at radius 1 is 1.33 bits per heavy atom. The minimum Gasteiger partial charge on any atom is -0.314 e. The summed E-state index contributed by atoms with van der Waals surface area (Å²) in [4.78, 5) is 0. The van der Waals surface area contributed by atoms with Gasteiger partial charge in [-0.1, -0.05) is 48.7 Å². The normalized spacial score (nSPS) is 12.2. The van der Waals surface area contributed by atoms with E-state index >= 15 is 0 Å². The highest BCUT2D eigenvalue weighted by atomic mass is 35.5. The highest BCUT2D eigenvalue weighted by Crippen LogP contribution is 2.23. The van der Waals surface area contributed by atoms with Gasteiger partial charge in [-0.2, -0.15) is 0 Å². The third-order valence-corrected chi connectivity index (χ3v) is 3.27. The molecule has 1 N–H and O–H groups in total. The summed E-state index contributed by atoms with van der Waals surface area (Å²) in [6.45, 7) is 7.45. The molecule has 1 rings (SSSR count). The lowest BCUT2D eigenvalue weighted by atomic mass is 10.1. The fourth-order valence-electron chi connectivity index (χ4n) is 1.74. The zero-order valence-corrected chi connectivity index (χ0v) is 12.8. The second kappa shape index (κ2) is 7.83. The summed E-state index contributed by atoms with van der Waals surface area (Å²) < 4.78 is 0. The molecule has 0 heterocycles. The molecule has 0 fully saturated rings. The maximum Gasteiger partial charge on any atom is 0.0442 e. The Morgan fingerprint density at radius 2 is 2.06 bits per heavy atom. The number of allylic oxidation sites excluding steroid dienone is 1. The summed E-state index contributed by atoms with van der Waals surface area (Å²) >= 11 is 12.1. The van der Waals surface area contributed by atoms with E-state index in [0.717, 1.165) is 35.0 Å². The average molecular weight is 286 g/mol. The first-order valence-electron chi connectivity index (χ1n) is 6.32. The van der Waals surface area contributed by atoms with Gasteiger partial charge < -0.3 is 5.32 Å². The summed E-state index contributed by atoms with van der Waals surface area (Å²) in [5.41, 5.74) is 2.42. The molecule has 18 heavy (non-hydrogen) atoms. The van der Waals surface area contributed by atoms with Gasteiger partial charge >= 0.3 is 0 Å². The molecular weight excluding hydrogens is 265 g/mol. The molecule has 0 saturated heterocycles. The first-order chi connectivity index (χ1) is 8.49. The first-order valence-corrected chi connectivity index (χ1v) is 7.07. The van der Waals surface area contributed by atoms with Gasteiger partial charge in [0.15, 0.2) is 0 Å². The largest absolute Gasteiger partial charge is 0.314 e. The Balaban J connectivity index is 2.50. The molecule has 0 amide bonds. The van der Waals surface area contributed by atoms with Crippen LogP contribution in [0.3, 0.4) is 0 Å².